The molecule has 0 spiro atoms. The molecule has 10 heteroatoms. The number of nitrogens with zero attached hydrogens (tertiary/aromatic N) is 2. The second-order valence-corrected chi connectivity index (χ2v) is 12.5. The number of hydrogen-bond acceptors (Lipinski definition) is 7. The number of para-hydroxylation sites is 1. The molecule has 0 aliphatic carbocycles. The van der Waals surface area contributed by atoms with Gasteiger partial charge in [-0.25, -0.2) is 0 Å². The van der Waals surface area contributed by atoms with Gasteiger partial charge in [0.15, 0.2) is 5.78 Å². The number of fused-ring (bicyclic) bond motifs is 1. The van der Waals surface area contributed by atoms with Crippen molar-refractivity contribution in [3.8, 4) is 0 Å². The van der Waals surface area contributed by atoms with E-state index in [1.54, 1.807) is 31.3 Å². The van der Waals surface area contributed by atoms with E-state index in [-0.39, 0.29) is 42.5 Å². The van der Waals surface area contributed by atoms with Crippen molar-refractivity contribution < 1.29 is 24.0 Å². The normalized spacial score (nSPS) is 19.3. The van der Waals surface area contributed by atoms with Crippen LogP contribution in [0, 0.1) is 11.8 Å². The Morgan fingerprint density at radius 1 is 0.848 bits per heavy atom. The number of unbranched alkanes of at least 4 members (excludes halogenated alkanes) is 1. The van der Waals surface area contributed by atoms with Gasteiger partial charge in [-0.1, -0.05) is 67.1 Å². The number of amides is 4. The van der Waals surface area contributed by atoms with Gasteiger partial charge in [-0.2, -0.15) is 12.6 Å². The molecule has 5 rings (SSSR count). The van der Waals surface area contributed by atoms with E-state index in [0.29, 0.717) is 49.8 Å². The first-order chi connectivity index (χ1) is 22.3. The number of thiol groups is 1. The van der Waals surface area contributed by atoms with E-state index in [2.05, 4.69) is 28.2 Å². The van der Waals surface area contributed by atoms with Crippen LogP contribution in [0.3, 0.4) is 0 Å². The standard InChI is InChI=1S/C36H40N4O5S/c1-37-33(42)29(22-24-12-4-2-5-13-24)26-19-21-39(25-14-6-3-7-15-25)23-30(32(26)41)38-34(43)31(46)18-10-11-20-40-35(44)27-16-8-9-17-28(27)36(40)45/h2-9,12-17,26,29-31,46H,10-11,18-23H2,1H3,(H,37,42)(H,38,43). The highest BCUT2D eigenvalue weighted by Crippen LogP contribution is 2.29. The summed E-state index contributed by atoms with van der Waals surface area (Å²) in [4.78, 5) is 69.4. The fourth-order valence-corrected chi connectivity index (χ4v) is 6.66. The highest BCUT2D eigenvalue weighted by Gasteiger charge is 2.41. The zero-order valence-electron chi connectivity index (χ0n) is 25.9. The van der Waals surface area contributed by atoms with Gasteiger partial charge < -0.3 is 15.5 Å². The van der Waals surface area contributed by atoms with E-state index in [4.69, 9.17) is 0 Å². The molecule has 1 fully saturated rings. The Hall–Kier alpha value is -4.44. The molecule has 2 aliphatic heterocycles. The minimum Gasteiger partial charge on any atom is -0.369 e. The predicted octanol–water partition coefficient (Wildman–Crippen LogP) is 3.94. The lowest BCUT2D eigenvalue weighted by molar-refractivity contribution is -0.135. The Morgan fingerprint density at radius 2 is 1.46 bits per heavy atom. The Balaban J connectivity index is 1.24. The molecule has 2 heterocycles. The summed E-state index contributed by atoms with van der Waals surface area (Å²) in [6.45, 7) is 1.08. The molecule has 1 saturated heterocycles. The van der Waals surface area contributed by atoms with Crippen LogP contribution < -0.4 is 15.5 Å². The van der Waals surface area contributed by atoms with Crippen LogP contribution in [0.25, 0.3) is 0 Å². The lowest BCUT2D eigenvalue weighted by atomic mass is 9.79. The summed E-state index contributed by atoms with van der Waals surface area (Å²) in [5.41, 5.74) is 2.73. The van der Waals surface area contributed by atoms with Crippen LogP contribution >= 0.6 is 12.6 Å². The Labute approximate surface area is 275 Å². The number of rotatable bonds is 12. The lowest BCUT2D eigenvalue weighted by Gasteiger charge is -2.27. The summed E-state index contributed by atoms with van der Waals surface area (Å²) in [5.74, 6) is -2.52. The average Bonchev–Trinajstić information content (AvgIpc) is 3.21. The third-order valence-electron chi connectivity index (χ3n) is 8.92. The number of benzene rings is 3. The molecule has 3 aromatic carbocycles. The van der Waals surface area contributed by atoms with Crippen molar-refractivity contribution in [3.05, 3.63) is 102 Å². The molecule has 4 unspecified atom stereocenters. The number of hydrogen-bond donors (Lipinski definition) is 3. The van der Waals surface area contributed by atoms with Crippen molar-refractivity contribution in [1.29, 1.82) is 0 Å². The number of anilines is 1. The second-order valence-electron chi connectivity index (χ2n) is 11.9. The quantitative estimate of drug-likeness (QED) is 0.157. The maximum absolute atomic E-state index is 14.2. The zero-order valence-corrected chi connectivity index (χ0v) is 26.8. The number of carbonyl (C=O) groups excluding carboxylic acids is 5. The predicted molar refractivity (Wildman–Crippen MR) is 180 cm³/mol. The zero-order chi connectivity index (χ0) is 32.6. The summed E-state index contributed by atoms with van der Waals surface area (Å²) >= 11 is 4.56. The summed E-state index contributed by atoms with van der Waals surface area (Å²) in [6, 6.07) is 25.3. The van der Waals surface area contributed by atoms with Gasteiger partial charge in [-0.3, -0.25) is 28.9 Å². The van der Waals surface area contributed by atoms with Crippen molar-refractivity contribution in [2.75, 3.05) is 31.6 Å². The van der Waals surface area contributed by atoms with E-state index in [9.17, 15) is 24.0 Å². The number of imide groups is 1. The molecule has 2 N–H and O–H groups in total. The highest BCUT2D eigenvalue weighted by molar-refractivity contribution is 7.81. The number of Topliss-reactive ketones (excluding diaryl/α,β-unsaturated/α-hetero) is 1. The molecule has 46 heavy (non-hydrogen) atoms. The molecule has 2 aliphatic rings. The summed E-state index contributed by atoms with van der Waals surface area (Å²) in [5, 5.41) is 5.02. The van der Waals surface area contributed by atoms with E-state index in [0.717, 1.165) is 11.3 Å². The van der Waals surface area contributed by atoms with Crippen molar-refractivity contribution in [2.24, 2.45) is 11.8 Å². The molecule has 240 valence electrons. The van der Waals surface area contributed by atoms with Gasteiger partial charge in [0, 0.05) is 38.3 Å². The largest absolute Gasteiger partial charge is 0.369 e. The molecule has 3 aromatic rings. The minimum atomic E-state index is -0.837. The van der Waals surface area contributed by atoms with Crippen LogP contribution in [0.1, 0.15) is 52.0 Å². The average molecular weight is 641 g/mol. The molecule has 4 amide bonds. The fourth-order valence-electron chi connectivity index (χ4n) is 6.41. The van der Waals surface area contributed by atoms with Gasteiger partial charge in [0.05, 0.1) is 22.3 Å². The van der Waals surface area contributed by atoms with Crippen molar-refractivity contribution in [3.63, 3.8) is 0 Å². The summed E-state index contributed by atoms with van der Waals surface area (Å²) in [6.07, 6.45) is 2.36. The van der Waals surface area contributed by atoms with Crippen LogP contribution in [0.15, 0.2) is 84.9 Å². The first-order valence-corrected chi connectivity index (χ1v) is 16.3. The Kier molecular flexibility index (Phi) is 10.9. The van der Waals surface area contributed by atoms with Gasteiger partial charge in [0.2, 0.25) is 11.8 Å². The third-order valence-corrected chi connectivity index (χ3v) is 9.41. The van der Waals surface area contributed by atoms with E-state index in [1.807, 2.05) is 60.7 Å². The van der Waals surface area contributed by atoms with E-state index in [1.165, 1.54) is 4.90 Å². The highest BCUT2D eigenvalue weighted by atomic mass is 32.1. The van der Waals surface area contributed by atoms with Gasteiger partial charge in [-0.15, -0.1) is 0 Å². The Bertz CT molecular complexity index is 1530. The number of nitrogens with one attached hydrogen (secondary N) is 2. The lowest BCUT2D eigenvalue weighted by Crippen LogP contribution is -2.52. The molecule has 0 saturated carbocycles. The van der Waals surface area contributed by atoms with Crippen LogP contribution in [0.5, 0.6) is 0 Å². The summed E-state index contributed by atoms with van der Waals surface area (Å²) < 4.78 is 0. The molecular formula is C36H40N4O5S. The first-order valence-electron chi connectivity index (χ1n) is 15.8. The van der Waals surface area contributed by atoms with Crippen LogP contribution in [-0.4, -0.2) is 72.3 Å². The minimum absolute atomic E-state index is 0.164. The van der Waals surface area contributed by atoms with E-state index >= 15 is 0 Å². The summed E-state index contributed by atoms with van der Waals surface area (Å²) in [7, 11) is 1.58. The monoisotopic (exact) mass is 640 g/mol. The van der Waals surface area contributed by atoms with Crippen LogP contribution in [-0.2, 0) is 20.8 Å². The van der Waals surface area contributed by atoms with Gasteiger partial charge in [-0.05, 0) is 55.5 Å². The van der Waals surface area contributed by atoms with Crippen molar-refractivity contribution >= 4 is 47.7 Å². The molecule has 4 atom stereocenters. The fraction of sp³-hybridized carbons (Fsp3) is 0.361. The third kappa shape index (κ3) is 7.50. The maximum atomic E-state index is 14.2. The molecule has 9 nitrogen and oxygen atoms in total. The van der Waals surface area contributed by atoms with Crippen LogP contribution in [0.2, 0.25) is 0 Å². The van der Waals surface area contributed by atoms with Crippen molar-refractivity contribution in [1.82, 2.24) is 15.5 Å². The molecule has 0 bridgehead atoms. The molecular weight excluding hydrogens is 600 g/mol. The molecule has 0 aromatic heterocycles. The first kappa shape index (κ1) is 32.9. The van der Waals surface area contributed by atoms with Crippen LogP contribution in [0.4, 0.5) is 5.69 Å². The van der Waals surface area contributed by atoms with Gasteiger partial charge in [0.1, 0.15) is 6.04 Å². The number of ketones is 1. The van der Waals surface area contributed by atoms with Crippen molar-refractivity contribution in [2.45, 2.75) is 43.4 Å². The number of carbonyl (C=O) groups is 5. The topological polar surface area (TPSA) is 116 Å². The van der Waals surface area contributed by atoms with Gasteiger partial charge >= 0.3 is 0 Å². The Morgan fingerprint density at radius 3 is 2.09 bits per heavy atom. The van der Waals surface area contributed by atoms with E-state index < -0.39 is 23.1 Å². The van der Waals surface area contributed by atoms with Gasteiger partial charge in [0.25, 0.3) is 11.8 Å². The smallest absolute Gasteiger partial charge is 0.261 e. The second kappa shape index (κ2) is 15.2. The molecule has 0 radical (unpaired) electrons. The SMILES string of the molecule is CNC(=O)C(Cc1ccccc1)C1CCN(c2ccccc2)CC(NC(=O)C(S)CCCCN2C(=O)c3ccccc3C2=O)C1=O. The maximum Gasteiger partial charge on any atom is 0.261 e.